The van der Waals surface area contributed by atoms with Crippen molar-refractivity contribution in [1.29, 1.82) is 0 Å². The molecule has 0 bridgehead atoms. The molecule has 4 nitrogen and oxygen atoms in total. The molecule has 0 N–H and O–H groups in total. The van der Waals surface area contributed by atoms with Gasteiger partial charge in [0.25, 0.3) is 5.91 Å². The summed E-state index contributed by atoms with van der Waals surface area (Å²) in [6.07, 6.45) is 1.71. The Morgan fingerprint density at radius 1 is 0.923 bits per heavy atom. The van der Waals surface area contributed by atoms with E-state index < -0.39 is 0 Å². The van der Waals surface area contributed by atoms with E-state index in [4.69, 9.17) is 9.97 Å². The average molecular weight is 347 g/mol. The van der Waals surface area contributed by atoms with Gasteiger partial charge >= 0.3 is 0 Å². The standard InChI is InChI=1S/C22H25N3O/c1-5-17-18(6-2)24-20-14-16(12-13-19(20)23-17)22(26)25(7-3)21-11-9-8-10-15(21)4/h8-14H,5-7H2,1-4H3. The van der Waals surface area contributed by atoms with E-state index in [0.29, 0.717) is 12.1 Å². The molecule has 0 aliphatic heterocycles. The van der Waals surface area contributed by atoms with E-state index >= 15 is 0 Å². The van der Waals surface area contributed by atoms with Crippen LogP contribution >= 0.6 is 0 Å². The molecule has 3 rings (SSSR count). The van der Waals surface area contributed by atoms with Crippen molar-refractivity contribution in [3.05, 3.63) is 65.0 Å². The molecule has 134 valence electrons. The quantitative estimate of drug-likeness (QED) is 0.670. The Morgan fingerprint density at radius 2 is 1.58 bits per heavy atom. The Labute approximate surface area is 154 Å². The van der Waals surface area contributed by atoms with E-state index in [-0.39, 0.29) is 5.91 Å². The molecular formula is C22H25N3O. The van der Waals surface area contributed by atoms with E-state index in [0.717, 1.165) is 46.5 Å². The number of carbonyl (C=O) groups is 1. The lowest BCUT2D eigenvalue weighted by Gasteiger charge is -2.23. The SMILES string of the molecule is CCc1nc2ccc(C(=O)N(CC)c3ccccc3C)cc2nc1CC. The number of hydrogen-bond donors (Lipinski definition) is 0. The van der Waals surface area contributed by atoms with E-state index in [2.05, 4.69) is 13.8 Å². The fourth-order valence-corrected chi connectivity index (χ4v) is 3.27. The van der Waals surface area contributed by atoms with Gasteiger partial charge in [0.05, 0.1) is 22.4 Å². The summed E-state index contributed by atoms with van der Waals surface area (Å²) < 4.78 is 0. The maximum absolute atomic E-state index is 13.1. The van der Waals surface area contributed by atoms with Crippen LogP contribution in [0.2, 0.25) is 0 Å². The zero-order valence-electron chi connectivity index (χ0n) is 15.9. The molecule has 0 saturated heterocycles. The predicted molar refractivity (Wildman–Crippen MR) is 107 cm³/mol. The second-order valence-corrected chi connectivity index (χ2v) is 6.36. The first-order chi connectivity index (χ1) is 12.6. The van der Waals surface area contributed by atoms with Crippen LogP contribution in [0.5, 0.6) is 0 Å². The lowest BCUT2D eigenvalue weighted by atomic mass is 10.1. The van der Waals surface area contributed by atoms with Crippen molar-refractivity contribution in [2.24, 2.45) is 0 Å². The Morgan fingerprint density at radius 3 is 2.19 bits per heavy atom. The molecule has 0 fully saturated rings. The van der Waals surface area contributed by atoms with Gasteiger partial charge in [-0.25, -0.2) is 9.97 Å². The van der Waals surface area contributed by atoms with Crippen molar-refractivity contribution in [1.82, 2.24) is 9.97 Å². The topological polar surface area (TPSA) is 46.1 Å². The highest BCUT2D eigenvalue weighted by Crippen LogP contribution is 2.23. The molecule has 4 heteroatoms. The maximum atomic E-state index is 13.1. The third-order valence-corrected chi connectivity index (χ3v) is 4.70. The summed E-state index contributed by atoms with van der Waals surface area (Å²) in [5.41, 5.74) is 6.35. The molecule has 0 aliphatic carbocycles. The molecule has 2 aromatic carbocycles. The number of fused-ring (bicyclic) bond motifs is 1. The van der Waals surface area contributed by atoms with Gasteiger partial charge in [0, 0.05) is 17.8 Å². The predicted octanol–water partition coefficient (Wildman–Crippen LogP) is 4.73. The van der Waals surface area contributed by atoms with Gasteiger partial charge < -0.3 is 4.90 Å². The summed E-state index contributed by atoms with van der Waals surface area (Å²) in [5.74, 6) is -0.0110. The van der Waals surface area contributed by atoms with Gasteiger partial charge in [-0.2, -0.15) is 0 Å². The minimum absolute atomic E-state index is 0.0110. The molecular weight excluding hydrogens is 322 g/mol. The molecule has 0 atom stereocenters. The van der Waals surface area contributed by atoms with E-state index in [1.807, 2.05) is 61.2 Å². The highest BCUT2D eigenvalue weighted by atomic mass is 16.2. The van der Waals surface area contributed by atoms with Crippen LogP contribution in [0.1, 0.15) is 48.1 Å². The van der Waals surface area contributed by atoms with Gasteiger partial charge in [-0.1, -0.05) is 32.0 Å². The van der Waals surface area contributed by atoms with Crippen molar-refractivity contribution in [2.75, 3.05) is 11.4 Å². The minimum Gasteiger partial charge on any atom is -0.308 e. The number of nitrogens with zero attached hydrogens (tertiary/aromatic N) is 3. The molecule has 1 aromatic heterocycles. The number of hydrogen-bond acceptors (Lipinski definition) is 3. The summed E-state index contributed by atoms with van der Waals surface area (Å²) in [6, 6.07) is 13.6. The second kappa shape index (κ2) is 7.65. The summed E-state index contributed by atoms with van der Waals surface area (Å²) in [4.78, 5) is 24.4. The largest absolute Gasteiger partial charge is 0.308 e. The number of rotatable bonds is 5. The third kappa shape index (κ3) is 3.32. The Bertz CT molecular complexity index is 949. The summed E-state index contributed by atoms with van der Waals surface area (Å²) in [7, 11) is 0. The van der Waals surface area contributed by atoms with Crippen LogP contribution in [0.25, 0.3) is 11.0 Å². The van der Waals surface area contributed by atoms with Crippen LogP contribution in [0.4, 0.5) is 5.69 Å². The number of anilines is 1. The zero-order valence-corrected chi connectivity index (χ0v) is 15.9. The van der Waals surface area contributed by atoms with Gasteiger partial charge in [0.15, 0.2) is 0 Å². The lowest BCUT2D eigenvalue weighted by molar-refractivity contribution is 0.0988. The van der Waals surface area contributed by atoms with Crippen molar-refractivity contribution in [3.8, 4) is 0 Å². The van der Waals surface area contributed by atoms with Gasteiger partial charge in [0.2, 0.25) is 0 Å². The summed E-state index contributed by atoms with van der Waals surface area (Å²) in [5, 5.41) is 0. The molecule has 1 amide bonds. The lowest BCUT2D eigenvalue weighted by Crippen LogP contribution is -2.31. The van der Waals surface area contributed by atoms with E-state index in [9.17, 15) is 4.79 Å². The second-order valence-electron chi connectivity index (χ2n) is 6.36. The fraction of sp³-hybridized carbons (Fsp3) is 0.318. The molecule has 0 spiro atoms. The summed E-state index contributed by atoms with van der Waals surface area (Å²) >= 11 is 0. The monoisotopic (exact) mass is 347 g/mol. The highest BCUT2D eigenvalue weighted by molar-refractivity contribution is 6.07. The maximum Gasteiger partial charge on any atom is 0.258 e. The van der Waals surface area contributed by atoms with Crippen LogP contribution in [0, 0.1) is 6.92 Å². The van der Waals surface area contributed by atoms with Gasteiger partial charge in [-0.15, -0.1) is 0 Å². The Hall–Kier alpha value is -2.75. The molecule has 3 aromatic rings. The van der Waals surface area contributed by atoms with Crippen molar-refractivity contribution in [2.45, 2.75) is 40.5 Å². The molecule has 0 saturated carbocycles. The molecule has 26 heavy (non-hydrogen) atoms. The van der Waals surface area contributed by atoms with Crippen LogP contribution in [0.3, 0.4) is 0 Å². The summed E-state index contributed by atoms with van der Waals surface area (Å²) in [6.45, 7) is 8.81. The van der Waals surface area contributed by atoms with Gasteiger partial charge in [0.1, 0.15) is 0 Å². The van der Waals surface area contributed by atoms with Crippen LogP contribution in [-0.4, -0.2) is 22.4 Å². The first-order valence-corrected chi connectivity index (χ1v) is 9.26. The third-order valence-electron chi connectivity index (χ3n) is 4.70. The van der Waals surface area contributed by atoms with Crippen molar-refractivity contribution in [3.63, 3.8) is 0 Å². The zero-order chi connectivity index (χ0) is 18.7. The van der Waals surface area contributed by atoms with Crippen molar-refractivity contribution < 1.29 is 4.79 Å². The number of aromatic nitrogens is 2. The minimum atomic E-state index is -0.0110. The first-order valence-electron chi connectivity index (χ1n) is 9.26. The average Bonchev–Trinajstić information content (AvgIpc) is 2.68. The number of para-hydroxylation sites is 1. The first kappa shape index (κ1) is 18.1. The van der Waals surface area contributed by atoms with Crippen LogP contribution in [-0.2, 0) is 12.8 Å². The number of carbonyl (C=O) groups excluding carboxylic acids is 1. The van der Waals surface area contributed by atoms with Crippen LogP contribution < -0.4 is 4.90 Å². The fourth-order valence-electron chi connectivity index (χ4n) is 3.27. The van der Waals surface area contributed by atoms with E-state index in [1.165, 1.54) is 0 Å². The highest BCUT2D eigenvalue weighted by Gasteiger charge is 2.18. The normalized spacial score (nSPS) is 10.9. The molecule has 0 radical (unpaired) electrons. The molecule has 0 aliphatic rings. The van der Waals surface area contributed by atoms with Gasteiger partial charge in [-0.3, -0.25) is 4.79 Å². The number of amides is 1. The molecule has 0 unspecified atom stereocenters. The van der Waals surface area contributed by atoms with Gasteiger partial charge in [-0.05, 0) is 56.5 Å². The number of benzene rings is 2. The van der Waals surface area contributed by atoms with Crippen molar-refractivity contribution >= 4 is 22.6 Å². The number of aryl methyl sites for hydroxylation is 3. The van der Waals surface area contributed by atoms with Crippen LogP contribution in [0.15, 0.2) is 42.5 Å². The Kier molecular flexibility index (Phi) is 5.31. The Balaban J connectivity index is 2.03. The van der Waals surface area contributed by atoms with E-state index in [1.54, 1.807) is 0 Å². The smallest absolute Gasteiger partial charge is 0.258 e. The molecule has 1 heterocycles.